The van der Waals surface area contributed by atoms with Crippen LogP contribution in [-0.2, 0) is 31.9 Å². The van der Waals surface area contributed by atoms with E-state index in [1.165, 1.54) is 0 Å². The number of pyridine rings is 1. The minimum atomic E-state index is -0.180. The van der Waals surface area contributed by atoms with E-state index in [0.29, 0.717) is 22.3 Å². The van der Waals surface area contributed by atoms with Crippen molar-refractivity contribution in [3.8, 4) is 39.5 Å². The van der Waals surface area contributed by atoms with E-state index in [1.807, 2.05) is 48.5 Å². The molecular formula is C39H34N5OPt-. The van der Waals surface area contributed by atoms with Crippen LogP contribution in [0.1, 0.15) is 52.7 Å². The second kappa shape index (κ2) is 11.7. The maximum Gasteiger partial charge on any atom is 0.127 e. The number of aromatic nitrogens is 5. The molecular weight excluding hydrogens is 750 g/mol. The minimum absolute atomic E-state index is 0. The third-order valence-electron chi connectivity index (χ3n) is 8.26. The van der Waals surface area contributed by atoms with Crippen LogP contribution in [0, 0.1) is 6.07 Å². The Morgan fingerprint density at radius 1 is 0.609 bits per heavy atom. The molecule has 1 N–H and O–H groups in total. The Hall–Kier alpha value is -4.54. The molecule has 3 heterocycles. The first-order valence-corrected chi connectivity index (χ1v) is 15.2. The molecule has 0 radical (unpaired) electrons. The summed E-state index contributed by atoms with van der Waals surface area (Å²) in [4.78, 5) is 14.7. The van der Waals surface area contributed by atoms with Crippen molar-refractivity contribution in [2.24, 2.45) is 0 Å². The number of phenolic OH excluding ortho intramolecular Hbond substituents is 1. The van der Waals surface area contributed by atoms with Crippen LogP contribution in [0.4, 0.5) is 0 Å². The second-order valence-corrected chi connectivity index (χ2v) is 13.7. The van der Waals surface area contributed by atoms with Crippen molar-refractivity contribution < 1.29 is 26.2 Å². The summed E-state index contributed by atoms with van der Waals surface area (Å²) in [5.41, 5.74) is 9.36. The molecule has 0 amide bonds. The summed E-state index contributed by atoms with van der Waals surface area (Å²) >= 11 is 0. The zero-order valence-corrected chi connectivity index (χ0v) is 28.9. The predicted molar refractivity (Wildman–Crippen MR) is 182 cm³/mol. The summed E-state index contributed by atoms with van der Waals surface area (Å²) in [6, 6.07) is 31.6. The van der Waals surface area contributed by atoms with Crippen LogP contribution in [0.25, 0.3) is 66.6 Å². The third kappa shape index (κ3) is 5.90. The van der Waals surface area contributed by atoms with Crippen molar-refractivity contribution in [3.05, 3.63) is 108 Å². The van der Waals surface area contributed by atoms with Gasteiger partial charge in [0.2, 0.25) is 0 Å². The molecule has 0 unspecified atom stereocenters. The Labute approximate surface area is 283 Å². The van der Waals surface area contributed by atoms with Crippen LogP contribution in [0.15, 0.2) is 91.1 Å². The van der Waals surface area contributed by atoms with Gasteiger partial charge in [0.1, 0.15) is 5.75 Å². The molecule has 0 fully saturated rings. The van der Waals surface area contributed by atoms with E-state index in [0.717, 1.165) is 55.4 Å². The van der Waals surface area contributed by atoms with E-state index in [4.69, 9.17) is 15.0 Å². The fraction of sp³-hybridized carbons (Fsp3) is 0.205. The Morgan fingerprint density at radius 2 is 1.20 bits per heavy atom. The molecule has 0 saturated carbocycles. The first-order chi connectivity index (χ1) is 21.4. The first kappa shape index (κ1) is 31.4. The van der Waals surface area contributed by atoms with Gasteiger partial charge in [-0.2, -0.15) is 10.2 Å². The fourth-order valence-electron chi connectivity index (χ4n) is 5.60. The third-order valence-corrected chi connectivity index (χ3v) is 8.26. The molecule has 7 aromatic rings. The van der Waals surface area contributed by atoms with Crippen molar-refractivity contribution in [3.63, 3.8) is 0 Å². The van der Waals surface area contributed by atoms with Gasteiger partial charge < -0.3 is 5.11 Å². The number of para-hydroxylation sites is 2. The van der Waals surface area contributed by atoms with Crippen LogP contribution in [0.5, 0.6) is 5.75 Å². The summed E-state index contributed by atoms with van der Waals surface area (Å²) in [6.45, 7) is 13.1. The molecule has 0 bridgehead atoms. The van der Waals surface area contributed by atoms with Crippen LogP contribution in [0.2, 0.25) is 0 Å². The molecule has 7 rings (SSSR count). The van der Waals surface area contributed by atoms with Gasteiger partial charge in [0.05, 0.1) is 34.0 Å². The largest absolute Gasteiger partial charge is 0.507 e. The SMILES string of the molecule is CC(C)(C)c1cc(-c2cc(C(C)(C)C)cc(-c3cc4nc5ccccc5nc4cc3O)n2)[c-]c(-c2nncc3ccccc23)c1.[Pt]. The molecule has 0 atom stereocenters. The zero-order chi connectivity index (χ0) is 31.5. The standard InChI is InChI=1S/C39H34N5O.Pt/c1-38(2,3)26-16-24(15-25(17-26)37-28-12-8-7-11-23(28)22-40-44-37)32-18-27(39(4,5)6)19-33(43-32)29-20-34-35(21-36(29)45)42-31-14-10-9-13-30(31)41-34;/h7-14,16-22,45H,1-6H3;/q-1;. The number of benzene rings is 4. The maximum absolute atomic E-state index is 11.3. The van der Waals surface area contributed by atoms with Crippen molar-refractivity contribution in [1.29, 1.82) is 0 Å². The summed E-state index contributed by atoms with van der Waals surface area (Å²) in [7, 11) is 0. The number of phenols is 1. The number of aromatic hydroxyl groups is 1. The van der Waals surface area contributed by atoms with Gasteiger partial charge in [-0.05, 0) is 51.4 Å². The zero-order valence-electron chi connectivity index (χ0n) is 26.7. The number of nitrogens with zero attached hydrogens (tertiary/aromatic N) is 5. The van der Waals surface area contributed by atoms with Gasteiger partial charge in [-0.3, -0.25) is 4.98 Å². The quantitative estimate of drug-likeness (QED) is 0.142. The molecule has 232 valence electrons. The van der Waals surface area contributed by atoms with Crippen LogP contribution >= 0.6 is 0 Å². The molecule has 0 aliphatic carbocycles. The van der Waals surface area contributed by atoms with Gasteiger partial charge in [-0.25, -0.2) is 9.97 Å². The minimum Gasteiger partial charge on any atom is -0.507 e. The predicted octanol–water partition coefficient (Wildman–Crippen LogP) is 9.22. The maximum atomic E-state index is 11.3. The molecule has 0 spiro atoms. The van der Waals surface area contributed by atoms with Gasteiger partial charge >= 0.3 is 0 Å². The van der Waals surface area contributed by atoms with E-state index >= 15 is 0 Å². The van der Waals surface area contributed by atoms with E-state index in [-0.39, 0.29) is 37.6 Å². The fourth-order valence-corrected chi connectivity index (χ4v) is 5.60. The monoisotopic (exact) mass is 783 g/mol. The molecule has 0 saturated heterocycles. The number of hydrogen-bond acceptors (Lipinski definition) is 6. The Balaban J connectivity index is 0.00000372. The Bertz CT molecular complexity index is 2260. The first-order valence-electron chi connectivity index (χ1n) is 15.2. The van der Waals surface area contributed by atoms with Crippen LogP contribution in [-0.4, -0.2) is 30.3 Å². The number of rotatable bonds is 3. The normalized spacial score (nSPS) is 12.0. The van der Waals surface area contributed by atoms with Gasteiger partial charge in [0.25, 0.3) is 0 Å². The van der Waals surface area contributed by atoms with Gasteiger partial charge in [0.15, 0.2) is 0 Å². The van der Waals surface area contributed by atoms with E-state index in [9.17, 15) is 5.11 Å². The second-order valence-electron chi connectivity index (χ2n) is 13.7. The number of fused-ring (bicyclic) bond motifs is 3. The molecule has 4 aromatic carbocycles. The molecule has 0 aliphatic heterocycles. The molecule has 46 heavy (non-hydrogen) atoms. The summed E-state index contributed by atoms with van der Waals surface area (Å²) in [5, 5.41) is 22.2. The van der Waals surface area contributed by atoms with Gasteiger partial charge in [-0.15, -0.1) is 23.8 Å². The average molecular weight is 784 g/mol. The van der Waals surface area contributed by atoms with Crippen molar-refractivity contribution in [2.45, 2.75) is 52.4 Å². The van der Waals surface area contributed by atoms with Crippen molar-refractivity contribution in [1.82, 2.24) is 25.1 Å². The van der Waals surface area contributed by atoms with E-state index < -0.39 is 0 Å². The Morgan fingerprint density at radius 3 is 1.89 bits per heavy atom. The van der Waals surface area contributed by atoms with E-state index in [2.05, 4.69) is 88.1 Å². The molecule has 3 aromatic heterocycles. The summed E-state index contributed by atoms with van der Waals surface area (Å²) < 4.78 is 0. The molecule has 6 nitrogen and oxygen atoms in total. The van der Waals surface area contributed by atoms with Crippen molar-refractivity contribution >= 4 is 32.8 Å². The van der Waals surface area contributed by atoms with Gasteiger partial charge in [-0.1, -0.05) is 95.1 Å². The Kier molecular flexibility index (Phi) is 7.98. The summed E-state index contributed by atoms with van der Waals surface area (Å²) in [6.07, 6.45) is 1.79. The van der Waals surface area contributed by atoms with Crippen LogP contribution < -0.4 is 0 Å². The molecule has 7 heteroatoms. The van der Waals surface area contributed by atoms with Crippen LogP contribution in [0.3, 0.4) is 0 Å². The number of hydrogen-bond donors (Lipinski definition) is 1. The smallest absolute Gasteiger partial charge is 0.127 e. The van der Waals surface area contributed by atoms with Gasteiger partial charge in [0, 0.05) is 44.1 Å². The van der Waals surface area contributed by atoms with Crippen molar-refractivity contribution in [2.75, 3.05) is 0 Å². The average Bonchev–Trinajstić information content (AvgIpc) is 3.02. The van der Waals surface area contributed by atoms with E-state index in [1.54, 1.807) is 12.3 Å². The summed E-state index contributed by atoms with van der Waals surface area (Å²) in [5.74, 6) is 0.107. The topological polar surface area (TPSA) is 84.7 Å². The molecule has 0 aliphatic rings.